The van der Waals surface area contributed by atoms with E-state index in [2.05, 4.69) is 31.3 Å². The van der Waals surface area contributed by atoms with Gasteiger partial charge in [-0.3, -0.25) is 0 Å². The molecule has 1 heterocycles. The average molecular weight is 111 g/mol. The molecule has 0 amide bonds. The first-order chi connectivity index (χ1) is 3.79. The fourth-order valence-corrected chi connectivity index (χ4v) is 1.06. The molecule has 0 spiro atoms. The van der Waals surface area contributed by atoms with E-state index in [9.17, 15) is 0 Å². The highest BCUT2D eigenvalue weighted by molar-refractivity contribution is 4.98. The monoisotopic (exact) mass is 111 g/mol. The van der Waals surface area contributed by atoms with Gasteiger partial charge in [-0.1, -0.05) is 12.2 Å². The lowest BCUT2D eigenvalue weighted by atomic mass is 10.1. The Bertz CT molecular complexity index is 96.6. The van der Waals surface area contributed by atoms with E-state index in [1.165, 1.54) is 6.42 Å². The van der Waals surface area contributed by atoms with Crippen molar-refractivity contribution in [2.45, 2.75) is 32.4 Å². The number of hydrogen-bond donors (Lipinski definition) is 1. The Morgan fingerprint density at radius 1 is 1.50 bits per heavy atom. The van der Waals surface area contributed by atoms with Crippen molar-refractivity contribution in [2.75, 3.05) is 0 Å². The maximum atomic E-state index is 3.39. The Balaban J connectivity index is 2.42. The maximum Gasteiger partial charge on any atom is 0.0224 e. The molecule has 0 saturated heterocycles. The van der Waals surface area contributed by atoms with Crippen LogP contribution in [-0.2, 0) is 0 Å². The third-order valence-electron chi connectivity index (χ3n) is 1.46. The molecule has 0 fully saturated rings. The van der Waals surface area contributed by atoms with Crippen molar-refractivity contribution in [1.29, 1.82) is 0 Å². The first-order valence-corrected chi connectivity index (χ1v) is 3.22. The fourth-order valence-electron chi connectivity index (χ4n) is 1.06. The summed E-state index contributed by atoms with van der Waals surface area (Å²) < 4.78 is 0. The van der Waals surface area contributed by atoms with Crippen LogP contribution in [0.1, 0.15) is 20.3 Å². The third-order valence-corrected chi connectivity index (χ3v) is 1.46. The predicted octanol–water partition coefficient (Wildman–Crippen LogP) is 1.31. The molecule has 46 valence electrons. The average Bonchev–Trinajstić information content (AvgIpc) is 1.64. The molecule has 0 aromatic carbocycles. The van der Waals surface area contributed by atoms with E-state index in [0.29, 0.717) is 12.1 Å². The molecule has 1 aliphatic rings. The normalized spacial score (nSPS) is 37.8. The lowest BCUT2D eigenvalue weighted by molar-refractivity contribution is 0.499. The van der Waals surface area contributed by atoms with Gasteiger partial charge in [0.1, 0.15) is 0 Å². The summed E-state index contributed by atoms with van der Waals surface area (Å²) in [4.78, 5) is 0. The van der Waals surface area contributed by atoms with Crippen LogP contribution in [0, 0.1) is 0 Å². The Morgan fingerprint density at radius 3 is 2.62 bits per heavy atom. The lowest BCUT2D eigenvalue weighted by Gasteiger charge is -2.20. The SMILES string of the molecule is C[C@H]1C=CC[C@H](C)N1. The van der Waals surface area contributed by atoms with Crippen molar-refractivity contribution in [1.82, 2.24) is 5.32 Å². The van der Waals surface area contributed by atoms with Crippen molar-refractivity contribution >= 4 is 0 Å². The molecule has 1 heteroatoms. The van der Waals surface area contributed by atoms with Crippen LogP contribution in [0.25, 0.3) is 0 Å². The van der Waals surface area contributed by atoms with Crippen LogP contribution >= 0.6 is 0 Å². The predicted molar refractivity (Wildman–Crippen MR) is 35.8 cm³/mol. The highest BCUT2D eigenvalue weighted by Gasteiger charge is 2.06. The summed E-state index contributed by atoms with van der Waals surface area (Å²) in [5.74, 6) is 0. The van der Waals surface area contributed by atoms with E-state index >= 15 is 0 Å². The van der Waals surface area contributed by atoms with Gasteiger partial charge in [-0.15, -0.1) is 0 Å². The van der Waals surface area contributed by atoms with Crippen LogP contribution in [0.3, 0.4) is 0 Å². The van der Waals surface area contributed by atoms with Crippen LogP contribution in [0.5, 0.6) is 0 Å². The van der Waals surface area contributed by atoms with Gasteiger partial charge in [0, 0.05) is 12.1 Å². The van der Waals surface area contributed by atoms with Gasteiger partial charge in [-0.25, -0.2) is 0 Å². The summed E-state index contributed by atoms with van der Waals surface area (Å²) >= 11 is 0. The van der Waals surface area contributed by atoms with Crippen molar-refractivity contribution in [2.24, 2.45) is 0 Å². The molecule has 0 radical (unpaired) electrons. The molecule has 1 aliphatic heterocycles. The van der Waals surface area contributed by atoms with Crippen LogP contribution in [0.4, 0.5) is 0 Å². The van der Waals surface area contributed by atoms with Crippen LogP contribution in [0.2, 0.25) is 0 Å². The summed E-state index contributed by atoms with van der Waals surface area (Å²) in [6, 6.07) is 1.26. The molecule has 0 unspecified atom stereocenters. The summed E-state index contributed by atoms with van der Waals surface area (Å²) in [6.07, 6.45) is 5.64. The lowest BCUT2D eigenvalue weighted by Crippen LogP contribution is -2.35. The van der Waals surface area contributed by atoms with E-state index in [-0.39, 0.29) is 0 Å². The molecule has 0 aromatic rings. The first kappa shape index (κ1) is 5.83. The Kier molecular flexibility index (Phi) is 1.69. The standard InChI is InChI=1S/C7H13N/c1-6-4-3-5-7(2)8-6/h3-4,6-8H,5H2,1-2H3/t6-,7-/m0/s1. The van der Waals surface area contributed by atoms with Gasteiger partial charge in [-0.2, -0.15) is 0 Å². The molecule has 0 aromatic heterocycles. The van der Waals surface area contributed by atoms with Gasteiger partial charge >= 0.3 is 0 Å². The van der Waals surface area contributed by atoms with Crippen LogP contribution < -0.4 is 5.32 Å². The second-order valence-electron chi connectivity index (χ2n) is 2.52. The molecular weight excluding hydrogens is 98.1 g/mol. The third kappa shape index (κ3) is 1.34. The first-order valence-electron chi connectivity index (χ1n) is 3.22. The number of nitrogens with one attached hydrogen (secondary N) is 1. The summed E-state index contributed by atoms with van der Waals surface area (Å²) in [5, 5.41) is 3.39. The molecule has 2 atom stereocenters. The van der Waals surface area contributed by atoms with Crippen LogP contribution in [-0.4, -0.2) is 12.1 Å². The van der Waals surface area contributed by atoms with Gasteiger partial charge < -0.3 is 5.32 Å². The van der Waals surface area contributed by atoms with Crippen molar-refractivity contribution in [3.05, 3.63) is 12.2 Å². The molecule has 1 N–H and O–H groups in total. The van der Waals surface area contributed by atoms with Gasteiger partial charge in [0.05, 0.1) is 0 Å². The highest BCUT2D eigenvalue weighted by Crippen LogP contribution is 2.01. The molecule has 0 aliphatic carbocycles. The fraction of sp³-hybridized carbons (Fsp3) is 0.714. The van der Waals surface area contributed by atoms with E-state index in [4.69, 9.17) is 0 Å². The topological polar surface area (TPSA) is 12.0 Å². The van der Waals surface area contributed by atoms with Crippen molar-refractivity contribution in [3.63, 3.8) is 0 Å². The summed E-state index contributed by atoms with van der Waals surface area (Å²) in [7, 11) is 0. The van der Waals surface area contributed by atoms with E-state index < -0.39 is 0 Å². The smallest absolute Gasteiger partial charge is 0.0224 e. The second-order valence-corrected chi connectivity index (χ2v) is 2.52. The van der Waals surface area contributed by atoms with Gasteiger partial charge in [0.25, 0.3) is 0 Å². The van der Waals surface area contributed by atoms with Gasteiger partial charge in [0.15, 0.2) is 0 Å². The summed E-state index contributed by atoms with van der Waals surface area (Å²) in [6.45, 7) is 4.38. The zero-order chi connectivity index (χ0) is 5.98. The van der Waals surface area contributed by atoms with E-state index in [1.54, 1.807) is 0 Å². The largest absolute Gasteiger partial charge is 0.308 e. The van der Waals surface area contributed by atoms with Gasteiger partial charge in [-0.05, 0) is 20.3 Å². The zero-order valence-electron chi connectivity index (χ0n) is 5.52. The molecule has 1 nitrogen and oxygen atoms in total. The van der Waals surface area contributed by atoms with Crippen molar-refractivity contribution in [3.8, 4) is 0 Å². The zero-order valence-corrected chi connectivity index (χ0v) is 5.52. The minimum absolute atomic E-state index is 0.582. The minimum Gasteiger partial charge on any atom is -0.308 e. The molecule has 0 saturated carbocycles. The van der Waals surface area contributed by atoms with E-state index in [1.807, 2.05) is 0 Å². The second kappa shape index (κ2) is 2.31. The highest BCUT2D eigenvalue weighted by atomic mass is 14.9. The maximum absolute atomic E-state index is 3.39. The van der Waals surface area contributed by atoms with Crippen LogP contribution in [0.15, 0.2) is 12.2 Å². The summed E-state index contributed by atoms with van der Waals surface area (Å²) in [5.41, 5.74) is 0. The Labute approximate surface area is 50.8 Å². The van der Waals surface area contributed by atoms with E-state index in [0.717, 1.165) is 0 Å². The Hall–Kier alpha value is -0.300. The number of rotatable bonds is 0. The molecule has 1 rings (SSSR count). The quantitative estimate of drug-likeness (QED) is 0.465. The Morgan fingerprint density at radius 2 is 2.25 bits per heavy atom. The number of hydrogen-bond acceptors (Lipinski definition) is 1. The van der Waals surface area contributed by atoms with Gasteiger partial charge in [0.2, 0.25) is 0 Å². The molecular formula is C7H13N. The van der Waals surface area contributed by atoms with Crippen molar-refractivity contribution < 1.29 is 0 Å². The molecule has 0 bridgehead atoms. The minimum atomic E-state index is 0.582. The molecule has 8 heavy (non-hydrogen) atoms.